The molecule has 0 aliphatic rings. The number of nitrogens with zero attached hydrogens (tertiary/aromatic N) is 2. The predicted octanol–water partition coefficient (Wildman–Crippen LogP) is 4.11. The zero-order chi connectivity index (χ0) is 16.1. The van der Waals surface area contributed by atoms with Gasteiger partial charge in [-0.1, -0.05) is 61.5 Å². The molecule has 1 atom stereocenters. The molecule has 0 spiro atoms. The van der Waals surface area contributed by atoms with E-state index in [0.717, 1.165) is 17.5 Å². The molecular weight excluding hydrogens is 284 g/mol. The fourth-order valence-corrected chi connectivity index (χ4v) is 2.74. The van der Waals surface area contributed by atoms with Crippen molar-refractivity contribution in [3.05, 3.63) is 90.0 Å². The number of carbonyl (C=O) groups excluding carboxylic acids is 1. The largest absolute Gasteiger partial charge is 0.336 e. The molecule has 0 saturated heterocycles. The number of aromatic nitrogens is 2. The maximum Gasteiger partial charge on any atom is 0.172 e. The smallest absolute Gasteiger partial charge is 0.172 e. The topological polar surface area (TPSA) is 34.9 Å². The molecule has 3 rings (SSSR count). The quantitative estimate of drug-likeness (QED) is 0.642. The number of hydrogen-bond acceptors (Lipinski definition) is 2. The summed E-state index contributed by atoms with van der Waals surface area (Å²) in [5, 5.41) is 0. The Labute approximate surface area is 136 Å². The Morgan fingerprint density at radius 3 is 2.43 bits per heavy atom. The van der Waals surface area contributed by atoms with E-state index in [1.807, 2.05) is 65.4 Å². The van der Waals surface area contributed by atoms with Crippen molar-refractivity contribution in [1.82, 2.24) is 9.55 Å². The predicted molar refractivity (Wildman–Crippen MR) is 91.6 cm³/mol. The first-order chi connectivity index (χ1) is 11.3. The molecule has 1 aromatic heterocycles. The van der Waals surface area contributed by atoms with Crippen LogP contribution in [0.3, 0.4) is 0 Å². The lowest BCUT2D eigenvalue weighted by Crippen LogP contribution is -2.18. The number of carbonyl (C=O) groups is 1. The van der Waals surface area contributed by atoms with Gasteiger partial charge >= 0.3 is 0 Å². The van der Waals surface area contributed by atoms with Crippen molar-refractivity contribution in [3.8, 4) is 0 Å². The minimum absolute atomic E-state index is 0.146. The van der Waals surface area contributed by atoms with Gasteiger partial charge in [-0.2, -0.15) is 0 Å². The van der Waals surface area contributed by atoms with Crippen molar-refractivity contribution in [3.63, 3.8) is 0 Å². The van der Waals surface area contributed by atoms with Crippen LogP contribution in [-0.2, 0) is 13.0 Å². The van der Waals surface area contributed by atoms with Gasteiger partial charge in [-0.25, -0.2) is 4.98 Å². The third-order valence-electron chi connectivity index (χ3n) is 4.12. The Morgan fingerprint density at radius 1 is 1.09 bits per heavy atom. The molecule has 3 aromatic rings. The van der Waals surface area contributed by atoms with E-state index in [9.17, 15) is 4.79 Å². The van der Waals surface area contributed by atoms with Crippen LogP contribution in [-0.4, -0.2) is 15.3 Å². The average Bonchev–Trinajstić information content (AvgIpc) is 3.13. The first-order valence-corrected chi connectivity index (χ1v) is 7.91. The van der Waals surface area contributed by atoms with Crippen molar-refractivity contribution < 1.29 is 4.79 Å². The van der Waals surface area contributed by atoms with Crippen LogP contribution in [0.15, 0.2) is 73.3 Å². The summed E-state index contributed by atoms with van der Waals surface area (Å²) in [6, 6.07) is 17.9. The SMILES string of the molecule is CCc1ccc(C(=O)C(Cn2ccnc2)c2ccccc2)cc1. The molecule has 3 nitrogen and oxygen atoms in total. The van der Waals surface area contributed by atoms with E-state index in [2.05, 4.69) is 11.9 Å². The number of ketones is 1. The lowest BCUT2D eigenvalue weighted by molar-refractivity contribution is 0.0951. The monoisotopic (exact) mass is 304 g/mol. The van der Waals surface area contributed by atoms with Crippen LogP contribution in [0, 0.1) is 0 Å². The molecule has 23 heavy (non-hydrogen) atoms. The van der Waals surface area contributed by atoms with E-state index < -0.39 is 0 Å². The highest BCUT2D eigenvalue weighted by molar-refractivity contribution is 6.01. The van der Waals surface area contributed by atoms with Crippen LogP contribution in [0.25, 0.3) is 0 Å². The maximum atomic E-state index is 13.0. The molecule has 0 aliphatic carbocycles. The minimum atomic E-state index is -0.210. The van der Waals surface area contributed by atoms with E-state index in [1.54, 1.807) is 12.5 Å². The van der Waals surface area contributed by atoms with Gasteiger partial charge in [-0.05, 0) is 17.5 Å². The van der Waals surface area contributed by atoms with Gasteiger partial charge in [0.25, 0.3) is 0 Å². The summed E-state index contributed by atoms with van der Waals surface area (Å²) in [7, 11) is 0. The first-order valence-electron chi connectivity index (χ1n) is 7.91. The van der Waals surface area contributed by atoms with Crippen LogP contribution in [0.1, 0.15) is 34.3 Å². The normalized spacial score (nSPS) is 12.0. The molecule has 2 aromatic carbocycles. The molecule has 0 amide bonds. The number of imidazole rings is 1. The molecule has 0 fully saturated rings. The highest BCUT2D eigenvalue weighted by Gasteiger charge is 2.22. The minimum Gasteiger partial charge on any atom is -0.336 e. The molecule has 0 radical (unpaired) electrons. The van der Waals surface area contributed by atoms with Crippen molar-refractivity contribution in [1.29, 1.82) is 0 Å². The second-order valence-corrected chi connectivity index (χ2v) is 5.64. The summed E-state index contributed by atoms with van der Waals surface area (Å²) in [6.45, 7) is 2.71. The Morgan fingerprint density at radius 2 is 1.83 bits per heavy atom. The van der Waals surface area contributed by atoms with E-state index in [1.165, 1.54) is 5.56 Å². The number of rotatable bonds is 6. The fourth-order valence-electron chi connectivity index (χ4n) is 2.74. The van der Waals surface area contributed by atoms with Gasteiger partial charge < -0.3 is 4.57 Å². The van der Waals surface area contributed by atoms with Crippen molar-refractivity contribution >= 4 is 5.78 Å². The molecule has 1 heterocycles. The molecule has 0 saturated carbocycles. The van der Waals surface area contributed by atoms with Crippen LogP contribution in [0.4, 0.5) is 0 Å². The van der Waals surface area contributed by atoms with Gasteiger partial charge in [0.15, 0.2) is 5.78 Å². The Hall–Kier alpha value is -2.68. The van der Waals surface area contributed by atoms with Crippen LogP contribution >= 0.6 is 0 Å². The van der Waals surface area contributed by atoms with Gasteiger partial charge in [0.2, 0.25) is 0 Å². The molecule has 116 valence electrons. The van der Waals surface area contributed by atoms with Gasteiger partial charge in [0, 0.05) is 24.5 Å². The summed E-state index contributed by atoms with van der Waals surface area (Å²) >= 11 is 0. The molecule has 1 unspecified atom stereocenters. The lowest BCUT2D eigenvalue weighted by atomic mass is 9.90. The van der Waals surface area contributed by atoms with Gasteiger partial charge in [-0.15, -0.1) is 0 Å². The highest BCUT2D eigenvalue weighted by Crippen LogP contribution is 2.23. The van der Waals surface area contributed by atoms with Crippen molar-refractivity contribution in [2.45, 2.75) is 25.8 Å². The summed E-state index contributed by atoms with van der Waals surface area (Å²) < 4.78 is 1.95. The maximum absolute atomic E-state index is 13.0. The number of hydrogen-bond donors (Lipinski definition) is 0. The van der Waals surface area contributed by atoms with Crippen LogP contribution in [0.5, 0.6) is 0 Å². The molecule has 0 bridgehead atoms. The second-order valence-electron chi connectivity index (χ2n) is 5.64. The van der Waals surface area contributed by atoms with E-state index >= 15 is 0 Å². The van der Waals surface area contributed by atoms with Gasteiger partial charge in [-0.3, -0.25) is 4.79 Å². The van der Waals surface area contributed by atoms with Crippen LogP contribution < -0.4 is 0 Å². The summed E-state index contributed by atoms with van der Waals surface area (Å²) in [5.41, 5.74) is 3.04. The Bertz CT molecular complexity index is 746. The summed E-state index contributed by atoms with van der Waals surface area (Å²) in [6.07, 6.45) is 6.36. The highest BCUT2D eigenvalue weighted by atomic mass is 16.1. The average molecular weight is 304 g/mol. The third-order valence-corrected chi connectivity index (χ3v) is 4.12. The second kappa shape index (κ2) is 7.05. The van der Waals surface area contributed by atoms with E-state index in [4.69, 9.17) is 0 Å². The zero-order valence-electron chi connectivity index (χ0n) is 13.2. The number of aryl methyl sites for hydroxylation is 1. The fraction of sp³-hybridized carbons (Fsp3) is 0.200. The standard InChI is InChI=1S/C20H20N2O/c1-2-16-8-10-18(11-9-16)20(23)19(14-22-13-12-21-15-22)17-6-4-3-5-7-17/h3-13,15,19H,2,14H2,1H3. The lowest BCUT2D eigenvalue weighted by Gasteiger charge is -2.17. The molecule has 0 N–H and O–H groups in total. The van der Waals surface area contributed by atoms with E-state index in [0.29, 0.717) is 6.54 Å². The van der Waals surface area contributed by atoms with E-state index in [-0.39, 0.29) is 11.7 Å². The van der Waals surface area contributed by atoms with Gasteiger partial charge in [0.1, 0.15) is 0 Å². The van der Waals surface area contributed by atoms with Crippen LogP contribution in [0.2, 0.25) is 0 Å². The molecule has 0 aliphatic heterocycles. The third kappa shape index (κ3) is 3.57. The Balaban J connectivity index is 1.91. The number of benzene rings is 2. The Kier molecular flexibility index (Phi) is 4.67. The summed E-state index contributed by atoms with van der Waals surface area (Å²) in [5.74, 6) is -0.0644. The first kappa shape index (κ1) is 15.2. The number of Topliss-reactive ketones (excluding diaryl/α,β-unsaturated/α-hetero) is 1. The van der Waals surface area contributed by atoms with Gasteiger partial charge in [0.05, 0.1) is 12.2 Å². The zero-order valence-corrected chi connectivity index (χ0v) is 13.2. The van der Waals surface area contributed by atoms with Crippen molar-refractivity contribution in [2.24, 2.45) is 0 Å². The molecule has 3 heteroatoms. The summed E-state index contributed by atoms with van der Waals surface area (Å²) in [4.78, 5) is 17.1. The molecular formula is C20H20N2O. The van der Waals surface area contributed by atoms with Crippen molar-refractivity contribution in [2.75, 3.05) is 0 Å².